The highest BCUT2D eigenvalue weighted by molar-refractivity contribution is 6.31. The van der Waals surface area contributed by atoms with E-state index in [4.69, 9.17) is 11.6 Å². The predicted octanol–water partition coefficient (Wildman–Crippen LogP) is 4.52. The summed E-state index contributed by atoms with van der Waals surface area (Å²) in [6.45, 7) is 6.36. The lowest BCUT2D eigenvalue weighted by Gasteiger charge is -2.10. The first-order chi connectivity index (χ1) is 12.0. The largest absolute Gasteiger partial charge is 0.312 e. The molecule has 1 aromatic heterocycles. The van der Waals surface area contributed by atoms with Gasteiger partial charge in [-0.2, -0.15) is 0 Å². The second kappa shape index (κ2) is 7.69. The van der Waals surface area contributed by atoms with E-state index in [0.29, 0.717) is 31.2 Å². The first kappa shape index (κ1) is 18.1. The molecule has 0 amide bonds. The van der Waals surface area contributed by atoms with Gasteiger partial charge < -0.3 is 4.57 Å². The molecule has 0 radical (unpaired) electrons. The molecule has 3 rings (SSSR count). The van der Waals surface area contributed by atoms with Crippen molar-refractivity contribution >= 4 is 17.4 Å². The Bertz CT molecular complexity index is 762. The summed E-state index contributed by atoms with van der Waals surface area (Å²) in [5.74, 6) is 2.82. The summed E-state index contributed by atoms with van der Waals surface area (Å²) in [4.78, 5) is 12.4. The van der Waals surface area contributed by atoms with Gasteiger partial charge in [0.15, 0.2) is 0 Å². The Morgan fingerprint density at radius 1 is 1.28 bits per heavy atom. The number of carbonyl (C=O) groups is 1. The Labute approximate surface area is 154 Å². The van der Waals surface area contributed by atoms with Gasteiger partial charge in [0.05, 0.1) is 0 Å². The van der Waals surface area contributed by atoms with Crippen molar-refractivity contribution in [3.8, 4) is 0 Å². The lowest BCUT2D eigenvalue weighted by Crippen LogP contribution is -2.11. The van der Waals surface area contributed by atoms with Crippen LogP contribution < -0.4 is 0 Å². The number of aromatic nitrogens is 3. The molecule has 0 N–H and O–H groups in total. The minimum absolute atomic E-state index is 0.223. The Morgan fingerprint density at radius 2 is 2.00 bits per heavy atom. The van der Waals surface area contributed by atoms with Gasteiger partial charge in [0.1, 0.15) is 17.4 Å². The highest BCUT2D eigenvalue weighted by atomic mass is 35.5. The first-order valence-corrected chi connectivity index (χ1v) is 9.51. The van der Waals surface area contributed by atoms with Crippen LogP contribution in [0.3, 0.4) is 0 Å². The molecule has 0 atom stereocenters. The molecule has 25 heavy (non-hydrogen) atoms. The summed E-state index contributed by atoms with van der Waals surface area (Å²) in [6, 6.07) is 6.29. The van der Waals surface area contributed by atoms with Gasteiger partial charge in [0.25, 0.3) is 0 Å². The van der Waals surface area contributed by atoms with Gasteiger partial charge in [0, 0.05) is 36.7 Å². The number of aryl methyl sites for hydroxylation is 1. The molecule has 0 aliphatic heterocycles. The molecular weight excluding hydrogens is 334 g/mol. The maximum Gasteiger partial charge on any atom is 0.137 e. The number of rotatable bonds is 8. The number of hydrogen-bond acceptors (Lipinski definition) is 3. The zero-order valence-electron chi connectivity index (χ0n) is 15.3. The van der Waals surface area contributed by atoms with Gasteiger partial charge >= 0.3 is 0 Å². The lowest BCUT2D eigenvalue weighted by atomic mass is 10.0. The molecule has 134 valence electrons. The number of Topliss-reactive ketones (excluding diaryl/α,β-unsaturated/α-hetero) is 1. The fraction of sp³-hybridized carbons (Fsp3) is 0.550. The van der Waals surface area contributed by atoms with E-state index in [-0.39, 0.29) is 5.78 Å². The van der Waals surface area contributed by atoms with Crippen molar-refractivity contribution in [2.24, 2.45) is 5.92 Å². The standard InChI is InChI=1S/C20H26ClN3O/c1-13(2)11-20-23-22-19(24(20)16-7-8-16)10-9-17(25)12-15-5-4-6-18(21)14(15)3/h4-6,13,16H,7-12H2,1-3H3. The normalized spacial score (nSPS) is 14.3. The number of nitrogens with zero attached hydrogens (tertiary/aromatic N) is 3. The molecule has 5 heteroatoms. The van der Waals surface area contributed by atoms with Crippen LogP contribution >= 0.6 is 11.6 Å². The maximum atomic E-state index is 12.4. The molecule has 4 nitrogen and oxygen atoms in total. The molecule has 1 saturated carbocycles. The van der Waals surface area contributed by atoms with Gasteiger partial charge in [-0.15, -0.1) is 10.2 Å². The number of hydrogen-bond donors (Lipinski definition) is 0. The molecule has 1 aliphatic carbocycles. The van der Waals surface area contributed by atoms with Crippen LogP contribution in [0.5, 0.6) is 0 Å². The second-order valence-electron chi connectivity index (χ2n) is 7.47. The third kappa shape index (κ3) is 4.49. The van der Waals surface area contributed by atoms with Crippen LogP contribution in [0, 0.1) is 12.8 Å². The third-order valence-corrected chi connectivity index (χ3v) is 5.14. The quantitative estimate of drug-likeness (QED) is 0.696. The molecule has 1 aromatic carbocycles. The molecule has 0 spiro atoms. The monoisotopic (exact) mass is 359 g/mol. The van der Waals surface area contributed by atoms with Crippen molar-refractivity contribution < 1.29 is 4.79 Å². The zero-order chi connectivity index (χ0) is 18.0. The summed E-state index contributed by atoms with van der Waals surface area (Å²) in [7, 11) is 0. The Morgan fingerprint density at radius 3 is 2.68 bits per heavy atom. The highest BCUT2D eigenvalue weighted by Crippen LogP contribution is 2.37. The third-order valence-electron chi connectivity index (χ3n) is 4.73. The average Bonchev–Trinajstić information content (AvgIpc) is 3.31. The van der Waals surface area contributed by atoms with Gasteiger partial charge in [-0.25, -0.2) is 0 Å². The molecule has 1 fully saturated rings. The van der Waals surface area contributed by atoms with Crippen molar-refractivity contribution in [1.29, 1.82) is 0 Å². The lowest BCUT2D eigenvalue weighted by molar-refractivity contribution is -0.118. The first-order valence-electron chi connectivity index (χ1n) is 9.14. The Kier molecular flexibility index (Phi) is 5.57. The van der Waals surface area contributed by atoms with Crippen LogP contribution in [0.15, 0.2) is 18.2 Å². The van der Waals surface area contributed by atoms with E-state index in [0.717, 1.165) is 34.2 Å². The molecule has 1 aliphatic rings. The molecule has 0 unspecified atom stereocenters. The van der Waals surface area contributed by atoms with Gasteiger partial charge in [-0.05, 0) is 42.9 Å². The van der Waals surface area contributed by atoms with Crippen LogP contribution in [0.4, 0.5) is 0 Å². The van der Waals surface area contributed by atoms with Crippen LogP contribution in [0.25, 0.3) is 0 Å². The van der Waals surface area contributed by atoms with E-state index in [1.165, 1.54) is 12.8 Å². The van der Waals surface area contributed by atoms with Crippen molar-refractivity contribution in [2.45, 2.75) is 65.3 Å². The summed E-state index contributed by atoms with van der Waals surface area (Å²) in [5.41, 5.74) is 2.01. The van der Waals surface area contributed by atoms with E-state index in [1.807, 2.05) is 25.1 Å². The molecular formula is C20H26ClN3O. The van der Waals surface area contributed by atoms with Gasteiger partial charge in [0.2, 0.25) is 0 Å². The van der Waals surface area contributed by atoms with E-state index in [9.17, 15) is 4.79 Å². The van der Waals surface area contributed by atoms with Crippen molar-refractivity contribution in [1.82, 2.24) is 14.8 Å². The summed E-state index contributed by atoms with van der Waals surface area (Å²) in [5, 5.41) is 9.49. The van der Waals surface area contributed by atoms with E-state index >= 15 is 0 Å². The van der Waals surface area contributed by atoms with Crippen molar-refractivity contribution in [2.75, 3.05) is 0 Å². The minimum Gasteiger partial charge on any atom is -0.312 e. The molecule has 0 bridgehead atoms. The Hall–Kier alpha value is -1.68. The molecule has 1 heterocycles. The van der Waals surface area contributed by atoms with E-state index in [2.05, 4.69) is 28.6 Å². The zero-order valence-corrected chi connectivity index (χ0v) is 16.0. The van der Waals surface area contributed by atoms with Gasteiger partial charge in [-0.3, -0.25) is 4.79 Å². The summed E-state index contributed by atoms with van der Waals surface area (Å²) < 4.78 is 2.29. The maximum absolute atomic E-state index is 12.4. The summed E-state index contributed by atoms with van der Waals surface area (Å²) >= 11 is 6.14. The predicted molar refractivity (Wildman–Crippen MR) is 100 cm³/mol. The topological polar surface area (TPSA) is 47.8 Å². The molecule has 0 saturated heterocycles. The fourth-order valence-electron chi connectivity index (χ4n) is 3.19. The SMILES string of the molecule is Cc1c(Cl)cccc1CC(=O)CCc1nnc(CC(C)C)n1C1CC1. The van der Waals surface area contributed by atoms with Crippen molar-refractivity contribution in [3.05, 3.63) is 46.0 Å². The van der Waals surface area contributed by atoms with E-state index < -0.39 is 0 Å². The molecule has 2 aromatic rings. The minimum atomic E-state index is 0.223. The number of carbonyl (C=O) groups excluding carboxylic acids is 1. The number of ketones is 1. The Balaban J connectivity index is 1.64. The average molecular weight is 360 g/mol. The smallest absolute Gasteiger partial charge is 0.137 e. The fourth-order valence-corrected chi connectivity index (χ4v) is 3.38. The van der Waals surface area contributed by atoms with E-state index in [1.54, 1.807) is 0 Å². The summed E-state index contributed by atoms with van der Waals surface area (Å²) in [6.07, 6.45) is 4.94. The second-order valence-corrected chi connectivity index (χ2v) is 7.88. The van der Waals surface area contributed by atoms with Crippen LogP contribution in [-0.2, 0) is 24.1 Å². The number of halogens is 1. The van der Waals surface area contributed by atoms with Crippen LogP contribution in [-0.4, -0.2) is 20.5 Å². The van der Waals surface area contributed by atoms with Crippen molar-refractivity contribution in [3.63, 3.8) is 0 Å². The van der Waals surface area contributed by atoms with Gasteiger partial charge in [-0.1, -0.05) is 37.6 Å². The highest BCUT2D eigenvalue weighted by Gasteiger charge is 2.29. The number of benzene rings is 1. The van der Waals surface area contributed by atoms with Crippen LogP contribution in [0.2, 0.25) is 5.02 Å². The van der Waals surface area contributed by atoms with Crippen LogP contribution in [0.1, 0.15) is 61.9 Å².